The summed E-state index contributed by atoms with van der Waals surface area (Å²) in [6.45, 7) is 0.888. The van der Waals surface area contributed by atoms with E-state index < -0.39 is 0 Å². The molecular weight excluding hydrogens is 269 g/mol. The van der Waals surface area contributed by atoms with Crippen LogP contribution in [0.15, 0.2) is 42.5 Å². The molecule has 0 aliphatic heterocycles. The standard InChI is InChI=1S/C14H13Cl2NO/c15-12-2-1-3-13(7-12)18-9-11-5-4-10(8-17)6-14(11)16/h1-7H,8-9,17H2. The van der Waals surface area contributed by atoms with Crippen molar-refractivity contribution in [3.8, 4) is 5.75 Å². The summed E-state index contributed by atoms with van der Waals surface area (Å²) in [5.41, 5.74) is 7.48. The number of hydrogen-bond acceptors (Lipinski definition) is 2. The third kappa shape index (κ3) is 3.39. The number of ether oxygens (including phenoxy) is 1. The molecule has 2 N–H and O–H groups in total. The first-order chi connectivity index (χ1) is 8.69. The third-order valence-corrected chi connectivity index (χ3v) is 3.13. The predicted molar refractivity (Wildman–Crippen MR) is 75.1 cm³/mol. The predicted octanol–water partition coefficient (Wildman–Crippen LogP) is 4.03. The molecule has 2 nitrogen and oxygen atoms in total. The molecule has 18 heavy (non-hydrogen) atoms. The molecule has 0 aromatic heterocycles. The number of benzene rings is 2. The molecule has 0 aliphatic rings. The van der Waals surface area contributed by atoms with E-state index in [1.807, 2.05) is 30.3 Å². The first-order valence-corrected chi connectivity index (χ1v) is 6.30. The van der Waals surface area contributed by atoms with E-state index in [-0.39, 0.29) is 0 Å². The fourth-order valence-electron chi connectivity index (χ4n) is 1.55. The first-order valence-electron chi connectivity index (χ1n) is 5.55. The SMILES string of the molecule is NCc1ccc(COc2cccc(Cl)c2)c(Cl)c1. The van der Waals surface area contributed by atoms with Crippen LogP contribution in [0, 0.1) is 0 Å². The van der Waals surface area contributed by atoms with Gasteiger partial charge in [0.25, 0.3) is 0 Å². The van der Waals surface area contributed by atoms with Gasteiger partial charge in [0.15, 0.2) is 0 Å². The van der Waals surface area contributed by atoms with Gasteiger partial charge in [-0.3, -0.25) is 0 Å². The van der Waals surface area contributed by atoms with Crippen LogP contribution in [0.2, 0.25) is 10.0 Å². The second-order valence-electron chi connectivity index (χ2n) is 3.88. The average molecular weight is 282 g/mol. The van der Waals surface area contributed by atoms with E-state index in [1.165, 1.54) is 0 Å². The summed E-state index contributed by atoms with van der Waals surface area (Å²) in [5.74, 6) is 0.724. The molecule has 0 bridgehead atoms. The minimum Gasteiger partial charge on any atom is -0.489 e. The lowest BCUT2D eigenvalue weighted by Crippen LogP contribution is -1.99. The number of hydrogen-bond donors (Lipinski definition) is 1. The van der Waals surface area contributed by atoms with Crippen molar-refractivity contribution in [1.82, 2.24) is 0 Å². The van der Waals surface area contributed by atoms with E-state index >= 15 is 0 Å². The molecule has 0 aliphatic carbocycles. The molecule has 0 radical (unpaired) electrons. The lowest BCUT2D eigenvalue weighted by Gasteiger charge is -2.09. The monoisotopic (exact) mass is 281 g/mol. The van der Waals surface area contributed by atoms with Crippen molar-refractivity contribution in [1.29, 1.82) is 0 Å². The van der Waals surface area contributed by atoms with Gasteiger partial charge in [0.05, 0.1) is 0 Å². The molecule has 0 fully saturated rings. The first kappa shape index (κ1) is 13.2. The largest absolute Gasteiger partial charge is 0.489 e. The Hall–Kier alpha value is -1.22. The van der Waals surface area contributed by atoms with Gasteiger partial charge >= 0.3 is 0 Å². The van der Waals surface area contributed by atoms with Crippen LogP contribution < -0.4 is 10.5 Å². The van der Waals surface area contributed by atoms with E-state index in [1.54, 1.807) is 12.1 Å². The molecule has 2 rings (SSSR count). The summed E-state index contributed by atoms with van der Waals surface area (Å²) in [6, 6.07) is 13.0. The Morgan fingerprint density at radius 2 is 1.89 bits per heavy atom. The summed E-state index contributed by atoms with van der Waals surface area (Å²) >= 11 is 12.0. The van der Waals surface area contributed by atoms with Crippen LogP contribution in [0.1, 0.15) is 11.1 Å². The molecule has 4 heteroatoms. The maximum absolute atomic E-state index is 6.14. The van der Waals surface area contributed by atoms with E-state index in [4.69, 9.17) is 33.7 Å². The minimum atomic E-state index is 0.407. The zero-order valence-corrected chi connectivity index (χ0v) is 11.2. The van der Waals surface area contributed by atoms with Gasteiger partial charge in [0.2, 0.25) is 0 Å². The highest BCUT2D eigenvalue weighted by atomic mass is 35.5. The Balaban J connectivity index is 2.06. The van der Waals surface area contributed by atoms with Crippen molar-refractivity contribution in [3.05, 3.63) is 63.6 Å². The van der Waals surface area contributed by atoms with Crippen molar-refractivity contribution < 1.29 is 4.74 Å². The molecule has 2 aromatic rings. The fourth-order valence-corrected chi connectivity index (χ4v) is 1.99. The van der Waals surface area contributed by atoms with Gasteiger partial charge in [-0.05, 0) is 29.8 Å². The van der Waals surface area contributed by atoms with Gasteiger partial charge in [0, 0.05) is 22.2 Å². The van der Waals surface area contributed by atoms with Gasteiger partial charge in [-0.25, -0.2) is 0 Å². The number of nitrogens with two attached hydrogens (primary N) is 1. The van der Waals surface area contributed by atoms with Crippen LogP contribution in [0.5, 0.6) is 5.75 Å². The molecule has 0 unspecified atom stereocenters. The van der Waals surface area contributed by atoms with Crippen LogP contribution in [-0.2, 0) is 13.2 Å². The fraction of sp³-hybridized carbons (Fsp3) is 0.143. The molecule has 0 amide bonds. The van der Waals surface area contributed by atoms with Crippen molar-refractivity contribution in [3.63, 3.8) is 0 Å². The molecule has 0 spiro atoms. The second kappa shape index (κ2) is 6.10. The third-order valence-electron chi connectivity index (χ3n) is 2.54. The highest BCUT2D eigenvalue weighted by molar-refractivity contribution is 6.31. The van der Waals surface area contributed by atoms with Gasteiger partial charge < -0.3 is 10.5 Å². The second-order valence-corrected chi connectivity index (χ2v) is 4.72. The van der Waals surface area contributed by atoms with Crippen LogP contribution in [0.4, 0.5) is 0 Å². The topological polar surface area (TPSA) is 35.2 Å². The van der Waals surface area contributed by atoms with Crippen molar-refractivity contribution >= 4 is 23.2 Å². The average Bonchev–Trinajstić information content (AvgIpc) is 2.37. The Kier molecular flexibility index (Phi) is 4.48. The van der Waals surface area contributed by atoms with Crippen molar-refractivity contribution in [2.45, 2.75) is 13.2 Å². The van der Waals surface area contributed by atoms with E-state index in [9.17, 15) is 0 Å². The van der Waals surface area contributed by atoms with Gasteiger partial charge in [-0.1, -0.05) is 41.4 Å². The van der Waals surface area contributed by atoms with Gasteiger partial charge in [0.1, 0.15) is 12.4 Å². The number of halogens is 2. The van der Waals surface area contributed by atoms with E-state index in [0.29, 0.717) is 23.2 Å². The van der Waals surface area contributed by atoms with E-state index in [2.05, 4.69) is 0 Å². The molecule has 0 atom stereocenters. The Morgan fingerprint density at radius 3 is 2.56 bits per heavy atom. The quantitative estimate of drug-likeness (QED) is 0.918. The van der Waals surface area contributed by atoms with Crippen LogP contribution >= 0.6 is 23.2 Å². The van der Waals surface area contributed by atoms with Gasteiger partial charge in [-0.15, -0.1) is 0 Å². The zero-order valence-electron chi connectivity index (χ0n) is 9.70. The lowest BCUT2D eigenvalue weighted by atomic mass is 10.1. The Labute approximate surface area is 116 Å². The number of rotatable bonds is 4. The van der Waals surface area contributed by atoms with Crippen LogP contribution in [0.25, 0.3) is 0 Å². The zero-order chi connectivity index (χ0) is 13.0. The molecular formula is C14H13Cl2NO. The summed E-state index contributed by atoms with van der Waals surface area (Å²) in [6.07, 6.45) is 0. The maximum Gasteiger partial charge on any atom is 0.121 e. The normalized spacial score (nSPS) is 10.4. The molecule has 94 valence electrons. The highest BCUT2D eigenvalue weighted by Crippen LogP contribution is 2.22. The molecule has 0 saturated heterocycles. The lowest BCUT2D eigenvalue weighted by molar-refractivity contribution is 0.306. The van der Waals surface area contributed by atoms with Crippen LogP contribution in [0.3, 0.4) is 0 Å². The summed E-state index contributed by atoms with van der Waals surface area (Å²) in [7, 11) is 0. The van der Waals surface area contributed by atoms with E-state index in [0.717, 1.165) is 16.9 Å². The molecule has 0 heterocycles. The highest BCUT2D eigenvalue weighted by Gasteiger charge is 2.03. The van der Waals surface area contributed by atoms with Crippen molar-refractivity contribution in [2.75, 3.05) is 0 Å². The maximum atomic E-state index is 6.14. The van der Waals surface area contributed by atoms with Crippen molar-refractivity contribution in [2.24, 2.45) is 5.73 Å². The Bertz CT molecular complexity index is 543. The summed E-state index contributed by atoms with van der Waals surface area (Å²) < 4.78 is 5.63. The minimum absolute atomic E-state index is 0.407. The molecule has 0 saturated carbocycles. The Morgan fingerprint density at radius 1 is 1.06 bits per heavy atom. The molecule has 2 aromatic carbocycles. The summed E-state index contributed by atoms with van der Waals surface area (Å²) in [5, 5.41) is 1.32. The smallest absolute Gasteiger partial charge is 0.121 e. The summed E-state index contributed by atoms with van der Waals surface area (Å²) in [4.78, 5) is 0. The van der Waals surface area contributed by atoms with Crippen LogP contribution in [-0.4, -0.2) is 0 Å². The van der Waals surface area contributed by atoms with Gasteiger partial charge in [-0.2, -0.15) is 0 Å².